The highest BCUT2D eigenvalue weighted by Gasteiger charge is 2.22. The Balaban J connectivity index is 1.40. The molecule has 0 radical (unpaired) electrons. The van der Waals surface area contributed by atoms with Crippen LogP contribution in [-0.4, -0.2) is 28.6 Å². The average molecular weight is 407 g/mol. The number of fused-ring (bicyclic) bond motifs is 2. The third-order valence-corrected chi connectivity index (χ3v) is 5.05. The van der Waals surface area contributed by atoms with Crippen LogP contribution in [0.5, 0.6) is 11.5 Å². The van der Waals surface area contributed by atoms with Crippen molar-refractivity contribution in [3.8, 4) is 11.5 Å². The summed E-state index contributed by atoms with van der Waals surface area (Å²) in [6.45, 7) is 4.44. The summed E-state index contributed by atoms with van der Waals surface area (Å²) < 4.78 is 11.5. The fourth-order valence-corrected chi connectivity index (χ4v) is 3.69. The minimum atomic E-state index is -0.159. The molecule has 2 heterocycles. The van der Waals surface area contributed by atoms with Gasteiger partial charge in [-0.2, -0.15) is 0 Å². The number of ether oxygens (including phenoxy) is 2. The number of H-pyrrole nitrogens is 1. The van der Waals surface area contributed by atoms with Crippen molar-refractivity contribution in [2.75, 3.05) is 11.9 Å². The molecule has 2 N–H and O–H groups in total. The normalized spacial score (nSPS) is 14.9. The van der Waals surface area contributed by atoms with Crippen molar-refractivity contribution in [2.45, 2.75) is 45.6 Å². The SMILES string of the molecule is CCOc1cc2c(cc1NC(=O)CCCc1nc3ccccc3c(=O)[nH]1)OC(C)C2. The number of aromatic nitrogens is 2. The molecule has 156 valence electrons. The molecule has 0 saturated heterocycles. The van der Waals surface area contributed by atoms with Gasteiger partial charge in [0.25, 0.3) is 5.56 Å². The molecule has 0 aliphatic carbocycles. The molecule has 1 amide bonds. The van der Waals surface area contributed by atoms with E-state index in [0.29, 0.717) is 54.0 Å². The minimum absolute atomic E-state index is 0.120. The first-order chi connectivity index (χ1) is 14.5. The van der Waals surface area contributed by atoms with Crippen LogP contribution < -0.4 is 20.3 Å². The van der Waals surface area contributed by atoms with Gasteiger partial charge in [0.1, 0.15) is 23.4 Å². The van der Waals surface area contributed by atoms with E-state index in [1.54, 1.807) is 6.07 Å². The molecular formula is C23H25N3O4. The predicted molar refractivity (Wildman–Crippen MR) is 115 cm³/mol. The molecule has 1 aromatic heterocycles. The second-order valence-electron chi connectivity index (χ2n) is 7.45. The van der Waals surface area contributed by atoms with E-state index in [0.717, 1.165) is 17.7 Å². The number of hydrogen-bond acceptors (Lipinski definition) is 5. The van der Waals surface area contributed by atoms with Crippen molar-refractivity contribution in [1.82, 2.24) is 9.97 Å². The molecule has 0 fully saturated rings. The van der Waals surface area contributed by atoms with Crippen LogP contribution in [0.4, 0.5) is 5.69 Å². The zero-order valence-corrected chi connectivity index (χ0v) is 17.2. The van der Waals surface area contributed by atoms with Crippen molar-refractivity contribution < 1.29 is 14.3 Å². The molecule has 7 nitrogen and oxygen atoms in total. The summed E-state index contributed by atoms with van der Waals surface area (Å²) in [6, 6.07) is 11.0. The highest BCUT2D eigenvalue weighted by molar-refractivity contribution is 5.92. The van der Waals surface area contributed by atoms with E-state index >= 15 is 0 Å². The summed E-state index contributed by atoms with van der Waals surface area (Å²) in [7, 11) is 0. The lowest BCUT2D eigenvalue weighted by Gasteiger charge is -2.13. The van der Waals surface area contributed by atoms with Gasteiger partial charge >= 0.3 is 0 Å². The van der Waals surface area contributed by atoms with Crippen molar-refractivity contribution >= 4 is 22.5 Å². The monoisotopic (exact) mass is 407 g/mol. The Morgan fingerprint density at radius 1 is 1.33 bits per heavy atom. The summed E-state index contributed by atoms with van der Waals surface area (Å²) in [5.74, 6) is 1.91. The fraction of sp³-hybridized carbons (Fsp3) is 0.348. The van der Waals surface area contributed by atoms with E-state index in [4.69, 9.17) is 9.47 Å². The van der Waals surface area contributed by atoms with Gasteiger partial charge in [-0.25, -0.2) is 4.98 Å². The van der Waals surface area contributed by atoms with Crippen molar-refractivity contribution in [1.29, 1.82) is 0 Å². The van der Waals surface area contributed by atoms with Crippen LogP contribution in [0.3, 0.4) is 0 Å². The Kier molecular flexibility index (Phi) is 5.70. The van der Waals surface area contributed by atoms with Crippen molar-refractivity contribution in [2.24, 2.45) is 0 Å². The molecule has 1 unspecified atom stereocenters. The second-order valence-corrected chi connectivity index (χ2v) is 7.45. The molecule has 1 atom stereocenters. The Morgan fingerprint density at radius 2 is 2.17 bits per heavy atom. The number of aryl methyl sites for hydroxylation is 1. The van der Waals surface area contributed by atoms with E-state index < -0.39 is 0 Å². The van der Waals surface area contributed by atoms with Crippen LogP contribution in [0.1, 0.15) is 38.1 Å². The van der Waals surface area contributed by atoms with Gasteiger partial charge in [-0.3, -0.25) is 9.59 Å². The first-order valence-corrected chi connectivity index (χ1v) is 10.3. The van der Waals surface area contributed by atoms with Gasteiger partial charge in [-0.15, -0.1) is 0 Å². The van der Waals surface area contributed by atoms with Gasteiger partial charge in [0.2, 0.25) is 5.91 Å². The fourth-order valence-electron chi connectivity index (χ4n) is 3.69. The summed E-state index contributed by atoms with van der Waals surface area (Å²) in [5, 5.41) is 3.50. The first kappa shape index (κ1) is 19.9. The van der Waals surface area contributed by atoms with Crippen LogP contribution in [0, 0.1) is 0 Å². The Hall–Kier alpha value is -3.35. The zero-order valence-electron chi connectivity index (χ0n) is 17.2. The van der Waals surface area contributed by atoms with Gasteiger partial charge in [-0.1, -0.05) is 12.1 Å². The van der Waals surface area contributed by atoms with Crippen LogP contribution in [0.2, 0.25) is 0 Å². The lowest BCUT2D eigenvalue weighted by atomic mass is 10.1. The van der Waals surface area contributed by atoms with Gasteiger partial charge in [0.05, 0.1) is 23.2 Å². The van der Waals surface area contributed by atoms with Crippen LogP contribution >= 0.6 is 0 Å². The van der Waals surface area contributed by atoms with Crippen molar-refractivity contribution in [3.05, 3.63) is 58.1 Å². The van der Waals surface area contributed by atoms with Crippen LogP contribution in [0.25, 0.3) is 10.9 Å². The van der Waals surface area contributed by atoms with Gasteiger partial charge in [-0.05, 0) is 38.5 Å². The number of nitrogens with zero attached hydrogens (tertiary/aromatic N) is 1. The number of carbonyl (C=O) groups is 1. The maximum atomic E-state index is 12.5. The molecule has 0 spiro atoms. The Labute approximate surface area is 174 Å². The van der Waals surface area contributed by atoms with Gasteiger partial charge < -0.3 is 19.8 Å². The van der Waals surface area contributed by atoms with Crippen molar-refractivity contribution in [3.63, 3.8) is 0 Å². The smallest absolute Gasteiger partial charge is 0.258 e. The number of carbonyl (C=O) groups excluding carboxylic acids is 1. The number of nitrogens with one attached hydrogen (secondary N) is 2. The average Bonchev–Trinajstić information content (AvgIpc) is 3.07. The molecule has 2 aromatic carbocycles. The number of aromatic amines is 1. The molecule has 1 aliphatic rings. The number of amides is 1. The molecule has 0 saturated carbocycles. The molecule has 7 heteroatoms. The van der Waals surface area contributed by atoms with E-state index in [1.807, 2.05) is 44.2 Å². The lowest BCUT2D eigenvalue weighted by Crippen LogP contribution is -2.15. The standard InChI is InChI=1S/C23H25N3O4/c1-3-29-20-12-15-11-14(2)30-19(15)13-18(20)25-22(27)10-6-9-21-24-17-8-5-4-7-16(17)23(28)26-21/h4-5,7-8,12-14H,3,6,9-11H2,1-2H3,(H,25,27)(H,24,26,28). The topological polar surface area (TPSA) is 93.3 Å². The second kappa shape index (κ2) is 8.57. The largest absolute Gasteiger partial charge is 0.492 e. The molecule has 30 heavy (non-hydrogen) atoms. The molecular weight excluding hydrogens is 382 g/mol. The number of benzene rings is 2. The van der Waals surface area contributed by atoms with E-state index in [1.165, 1.54) is 0 Å². The highest BCUT2D eigenvalue weighted by atomic mass is 16.5. The van der Waals surface area contributed by atoms with E-state index in [2.05, 4.69) is 15.3 Å². The number of para-hydroxylation sites is 1. The highest BCUT2D eigenvalue weighted by Crippen LogP contribution is 2.38. The van der Waals surface area contributed by atoms with E-state index in [9.17, 15) is 9.59 Å². The lowest BCUT2D eigenvalue weighted by molar-refractivity contribution is -0.116. The minimum Gasteiger partial charge on any atom is -0.492 e. The van der Waals surface area contributed by atoms with Crippen LogP contribution in [-0.2, 0) is 17.6 Å². The molecule has 0 bridgehead atoms. The number of hydrogen-bond donors (Lipinski definition) is 2. The summed E-state index contributed by atoms with van der Waals surface area (Å²) in [6.07, 6.45) is 2.33. The Morgan fingerprint density at radius 3 is 3.00 bits per heavy atom. The Bertz CT molecular complexity index is 1140. The van der Waals surface area contributed by atoms with Crippen LogP contribution in [0.15, 0.2) is 41.2 Å². The third kappa shape index (κ3) is 4.30. The third-order valence-electron chi connectivity index (χ3n) is 5.05. The number of anilines is 1. The predicted octanol–water partition coefficient (Wildman–Crippen LogP) is 3.61. The zero-order chi connectivity index (χ0) is 21.1. The number of rotatable bonds is 7. The molecule has 3 aromatic rings. The maximum Gasteiger partial charge on any atom is 0.258 e. The molecule has 4 rings (SSSR count). The first-order valence-electron chi connectivity index (χ1n) is 10.3. The van der Waals surface area contributed by atoms with Gasteiger partial charge in [0.15, 0.2) is 0 Å². The quantitative estimate of drug-likeness (QED) is 0.624. The summed E-state index contributed by atoms with van der Waals surface area (Å²) in [5.41, 5.74) is 2.21. The van der Waals surface area contributed by atoms with E-state index in [-0.39, 0.29) is 17.6 Å². The maximum absolute atomic E-state index is 12.5. The summed E-state index contributed by atoms with van der Waals surface area (Å²) in [4.78, 5) is 31.9. The summed E-state index contributed by atoms with van der Waals surface area (Å²) >= 11 is 0. The van der Waals surface area contributed by atoms with Gasteiger partial charge in [0, 0.05) is 30.9 Å². The molecule has 1 aliphatic heterocycles.